The normalized spacial score (nSPS) is 45.9. The largest absolute Gasteiger partial charge is 0.387 e. The molecule has 0 amide bonds. The van der Waals surface area contributed by atoms with Crippen molar-refractivity contribution in [3.8, 4) is 0 Å². The Kier molecular flexibility index (Phi) is 4.61. The third kappa shape index (κ3) is 2.57. The molecule has 2 nitrogen and oxygen atoms in total. The molecular formula is C20H36O2. The molecule has 0 aliphatic heterocycles. The van der Waals surface area contributed by atoms with Crippen molar-refractivity contribution in [3.05, 3.63) is 12.7 Å². The first-order chi connectivity index (χ1) is 10.0. The second-order valence-electron chi connectivity index (χ2n) is 9.24. The number of hydrogen-bond donors (Lipinski definition) is 2. The van der Waals surface area contributed by atoms with Crippen LogP contribution in [0.5, 0.6) is 0 Å². The summed E-state index contributed by atoms with van der Waals surface area (Å²) in [6.07, 6.45) is 8.63. The van der Waals surface area contributed by atoms with E-state index in [2.05, 4.69) is 34.3 Å². The standard InChI is InChI=1S/C20H36O2/c1-7-15(2)9-14-20(22)18(5)12-8-11-17(3,4)16(18)10-13-19(20,6)21/h7,15-16,21-22H,1,8-14H2,2-6H3/t15-,16+,18+,19-,20+/m1/s1. The highest BCUT2D eigenvalue weighted by Gasteiger charge is 2.65. The Balaban J connectivity index is 2.39. The summed E-state index contributed by atoms with van der Waals surface area (Å²) in [6, 6.07) is 0. The van der Waals surface area contributed by atoms with Crippen LogP contribution >= 0.6 is 0 Å². The van der Waals surface area contributed by atoms with Crippen molar-refractivity contribution in [1.29, 1.82) is 0 Å². The third-order valence-corrected chi connectivity index (χ3v) is 7.35. The summed E-state index contributed by atoms with van der Waals surface area (Å²) >= 11 is 0. The van der Waals surface area contributed by atoms with Crippen molar-refractivity contribution in [2.75, 3.05) is 0 Å². The summed E-state index contributed by atoms with van der Waals surface area (Å²) in [6.45, 7) is 14.8. The molecule has 0 bridgehead atoms. The van der Waals surface area contributed by atoms with E-state index in [1.165, 1.54) is 6.42 Å². The van der Waals surface area contributed by atoms with Crippen molar-refractivity contribution in [3.63, 3.8) is 0 Å². The van der Waals surface area contributed by atoms with E-state index in [1.54, 1.807) is 0 Å². The van der Waals surface area contributed by atoms with Crippen molar-refractivity contribution in [2.24, 2.45) is 22.7 Å². The molecule has 0 aromatic carbocycles. The Bertz CT molecular complexity index is 425. The number of rotatable bonds is 4. The highest BCUT2D eigenvalue weighted by molar-refractivity contribution is 5.16. The van der Waals surface area contributed by atoms with Gasteiger partial charge in [-0.2, -0.15) is 0 Å². The molecule has 2 saturated carbocycles. The lowest BCUT2D eigenvalue weighted by Gasteiger charge is -2.65. The third-order valence-electron chi connectivity index (χ3n) is 7.35. The van der Waals surface area contributed by atoms with E-state index in [0.717, 1.165) is 25.7 Å². The van der Waals surface area contributed by atoms with E-state index in [4.69, 9.17) is 0 Å². The van der Waals surface area contributed by atoms with Crippen LogP contribution in [0.4, 0.5) is 0 Å². The van der Waals surface area contributed by atoms with Gasteiger partial charge in [0.1, 0.15) is 0 Å². The van der Waals surface area contributed by atoms with Gasteiger partial charge in [0.05, 0.1) is 11.2 Å². The number of aliphatic hydroxyl groups is 2. The molecular weight excluding hydrogens is 272 g/mol. The van der Waals surface area contributed by atoms with E-state index in [1.807, 2.05) is 13.0 Å². The summed E-state index contributed by atoms with van der Waals surface area (Å²) in [5, 5.41) is 22.8. The predicted octanol–water partition coefficient (Wildman–Crippen LogP) is 4.70. The zero-order chi connectivity index (χ0) is 16.8. The molecule has 5 atom stereocenters. The maximum absolute atomic E-state index is 11.7. The fourth-order valence-electron chi connectivity index (χ4n) is 5.68. The van der Waals surface area contributed by atoms with Crippen molar-refractivity contribution in [2.45, 2.75) is 90.8 Å². The molecule has 0 unspecified atom stereocenters. The molecule has 0 radical (unpaired) electrons. The summed E-state index contributed by atoms with van der Waals surface area (Å²) in [4.78, 5) is 0. The Morgan fingerprint density at radius 2 is 1.77 bits per heavy atom. The van der Waals surface area contributed by atoms with Gasteiger partial charge in [0.15, 0.2) is 0 Å². The van der Waals surface area contributed by atoms with Gasteiger partial charge >= 0.3 is 0 Å². The van der Waals surface area contributed by atoms with Crippen LogP contribution in [0.15, 0.2) is 12.7 Å². The van der Waals surface area contributed by atoms with Crippen molar-refractivity contribution >= 4 is 0 Å². The first-order valence-electron chi connectivity index (χ1n) is 9.07. The fourth-order valence-corrected chi connectivity index (χ4v) is 5.68. The zero-order valence-corrected chi connectivity index (χ0v) is 15.3. The van der Waals surface area contributed by atoms with Crippen molar-refractivity contribution in [1.82, 2.24) is 0 Å². The Morgan fingerprint density at radius 1 is 1.14 bits per heavy atom. The second kappa shape index (κ2) is 5.63. The molecule has 2 fully saturated rings. The van der Waals surface area contributed by atoms with E-state index >= 15 is 0 Å². The van der Waals surface area contributed by atoms with Crippen molar-refractivity contribution < 1.29 is 10.2 Å². The van der Waals surface area contributed by atoms with E-state index in [9.17, 15) is 10.2 Å². The molecule has 2 heteroatoms. The molecule has 2 N–H and O–H groups in total. The summed E-state index contributed by atoms with van der Waals surface area (Å²) in [7, 11) is 0. The van der Waals surface area contributed by atoms with Crippen LogP contribution in [0.1, 0.15) is 79.6 Å². The van der Waals surface area contributed by atoms with Gasteiger partial charge in [-0.05, 0) is 62.7 Å². The molecule has 128 valence electrons. The van der Waals surface area contributed by atoms with E-state index in [-0.39, 0.29) is 10.8 Å². The predicted molar refractivity (Wildman–Crippen MR) is 92.6 cm³/mol. The average molecular weight is 309 g/mol. The lowest BCUT2D eigenvalue weighted by molar-refractivity contribution is -0.274. The lowest BCUT2D eigenvalue weighted by atomic mass is 9.43. The minimum atomic E-state index is -1.00. The highest BCUT2D eigenvalue weighted by atomic mass is 16.4. The fraction of sp³-hybridized carbons (Fsp3) is 0.900. The van der Waals surface area contributed by atoms with Crippen LogP contribution in [0, 0.1) is 22.7 Å². The molecule has 0 aromatic rings. The Labute approximate surface area is 137 Å². The molecule has 2 aliphatic carbocycles. The maximum Gasteiger partial charge on any atom is 0.0986 e. The van der Waals surface area contributed by atoms with Gasteiger partial charge in [-0.25, -0.2) is 0 Å². The van der Waals surface area contributed by atoms with E-state index < -0.39 is 11.2 Å². The van der Waals surface area contributed by atoms with Crippen LogP contribution in [0.2, 0.25) is 0 Å². The first kappa shape index (κ1) is 18.0. The second-order valence-corrected chi connectivity index (χ2v) is 9.24. The molecule has 22 heavy (non-hydrogen) atoms. The average Bonchev–Trinajstić information content (AvgIpc) is 2.41. The van der Waals surface area contributed by atoms with Gasteiger partial charge in [-0.1, -0.05) is 40.2 Å². The Morgan fingerprint density at radius 3 is 2.36 bits per heavy atom. The van der Waals surface area contributed by atoms with Crippen LogP contribution < -0.4 is 0 Å². The Hall–Kier alpha value is -0.340. The summed E-state index contributed by atoms with van der Waals surface area (Å²) in [5.74, 6) is 0.860. The molecule has 2 aliphatic rings. The smallest absolute Gasteiger partial charge is 0.0986 e. The van der Waals surface area contributed by atoms with Gasteiger partial charge < -0.3 is 10.2 Å². The topological polar surface area (TPSA) is 40.5 Å². The van der Waals surface area contributed by atoms with Gasteiger partial charge in [0.25, 0.3) is 0 Å². The van der Waals surface area contributed by atoms with Gasteiger partial charge in [0, 0.05) is 5.41 Å². The van der Waals surface area contributed by atoms with Gasteiger partial charge in [-0.15, -0.1) is 6.58 Å². The van der Waals surface area contributed by atoms with Gasteiger partial charge in [-0.3, -0.25) is 0 Å². The number of allylic oxidation sites excluding steroid dienone is 1. The minimum absolute atomic E-state index is 0.197. The monoisotopic (exact) mass is 308 g/mol. The van der Waals surface area contributed by atoms with Crippen LogP contribution in [-0.4, -0.2) is 21.4 Å². The van der Waals surface area contributed by atoms with Crippen LogP contribution in [0.25, 0.3) is 0 Å². The van der Waals surface area contributed by atoms with Crippen LogP contribution in [0.3, 0.4) is 0 Å². The first-order valence-corrected chi connectivity index (χ1v) is 9.07. The molecule has 0 saturated heterocycles. The number of hydrogen-bond acceptors (Lipinski definition) is 2. The summed E-state index contributed by atoms with van der Waals surface area (Å²) < 4.78 is 0. The number of fused-ring (bicyclic) bond motifs is 1. The SMILES string of the molecule is C=C[C@@H](C)CC[C@]1(O)[C@@]2(C)CCCC(C)(C)[C@@H]2CC[C@@]1(C)O. The quantitative estimate of drug-likeness (QED) is 0.739. The molecule has 0 heterocycles. The molecule has 0 spiro atoms. The minimum Gasteiger partial charge on any atom is -0.387 e. The maximum atomic E-state index is 11.7. The zero-order valence-electron chi connectivity index (χ0n) is 15.3. The van der Waals surface area contributed by atoms with E-state index in [0.29, 0.717) is 24.7 Å². The lowest BCUT2D eigenvalue weighted by Crippen LogP contribution is -2.69. The highest BCUT2D eigenvalue weighted by Crippen LogP contribution is 2.64. The summed E-state index contributed by atoms with van der Waals surface area (Å²) in [5.41, 5.74) is -1.94. The van der Waals surface area contributed by atoms with Crippen LogP contribution in [-0.2, 0) is 0 Å². The molecule has 2 rings (SSSR count). The van der Waals surface area contributed by atoms with Gasteiger partial charge in [0.2, 0.25) is 0 Å². The molecule has 0 aromatic heterocycles.